The molecule has 0 radical (unpaired) electrons. The Labute approximate surface area is 185 Å². The third-order valence-corrected chi connectivity index (χ3v) is 8.24. The zero-order chi connectivity index (χ0) is 20.6. The highest BCUT2D eigenvalue weighted by molar-refractivity contribution is 7.99. The summed E-state index contributed by atoms with van der Waals surface area (Å²) in [5.41, 5.74) is 2.03. The first kappa shape index (κ1) is 20.6. The molecule has 4 nitrogen and oxygen atoms in total. The number of halogens is 2. The molecule has 1 aliphatic heterocycles. The molecule has 0 amide bonds. The second kappa shape index (κ2) is 8.20. The third-order valence-electron chi connectivity index (χ3n) is 4.75. The fourth-order valence-corrected chi connectivity index (χ4v) is 5.72. The number of para-hydroxylation sites is 1. The van der Waals surface area contributed by atoms with Crippen LogP contribution in [0.2, 0.25) is 10.0 Å². The van der Waals surface area contributed by atoms with Gasteiger partial charge in [0.05, 0.1) is 16.3 Å². The summed E-state index contributed by atoms with van der Waals surface area (Å²) in [6, 6.07) is 20.1. The molecule has 0 saturated heterocycles. The number of anilines is 2. The van der Waals surface area contributed by atoms with E-state index in [1.807, 2.05) is 36.4 Å². The van der Waals surface area contributed by atoms with E-state index >= 15 is 0 Å². The average molecular weight is 465 g/mol. The number of nitrogens with zero attached hydrogens (tertiary/aromatic N) is 2. The van der Waals surface area contributed by atoms with Crippen molar-refractivity contribution in [1.29, 1.82) is 0 Å². The Bertz CT molecular complexity index is 1150. The summed E-state index contributed by atoms with van der Waals surface area (Å²) in [4.78, 5) is 4.57. The lowest BCUT2D eigenvalue weighted by atomic mass is 10.2. The minimum atomic E-state index is -3.60. The van der Waals surface area contributed by atoms with Crippen molar-refractivity contribution in [2.75, 3.05) is 25.0 Å². The van der Waals surface area contributed by atoms with Gasteiger partial charge in [-0.25, -0.2) is 8.42 Å². The molecule has 3 aromatic rings. The van der Waals surface area contributed by atoms with Crippen LogP contribution in [0.5, 0.6) is 0 Å². The van der Waals surface area contributed by atoms with Crippen molar-refractivity contribution in [1.82, 2.24) is 4.31 Å². The normalized spacial score (nSPS) is 13.3. The Kier molecular flexibility index (Phi) is 5.82. The lowest BCUT2D eigenvalue weighted by Crippen LogP contribution is -2.35. The molecule has 0 bridgehead atoms. The van der Waals surface area contributed by atoms with E-state index in [-0.39, 0.29) is 4.90 Å². The van der Waals surface area contributed by atoms with Crippen molar-refractivity contribution >= 4 is 56.4 Å². The van der Waals surface area contributed by atoms with Crippen LogP contribution < -0.4 is 4.90 Å². The third kappa shape index (κ3) is 4.13. The highest BCUT2D eigenvalue weighted by Gasteiger charge is 2.26. The fraction of sp³-hybridized carbons (Fsp3) is 0.143. The van der Waals surface area contributed by atoms with Gasteiger partial charge in [-0.05, 0) is 54.6 Å². The Morgan fingerprint density at radius 1 is 0.897 bits per heavy atom. The maximum atomic E-state index is 12.9. The number of rotatable bonds is 5. The first-order valence-corrected chi connectivity index (χ1v) is 11.9. The van der Waals surface area contributed by atoms with Crippen molar-refractivity contribution in [3.05, 3.63) is 76.8 Å². The molecule has 0 aliphatic carbocycles. The van der Waals surface area contributed by atoms with Crippen molar-refractivity contribution in [3.8, 4) is 0 Å². The molecule has 0 spiro atoms. The van der Waals surface area contributed by atoms with E-state index in [0.29, 0.717) is 23.1 Å². The van der Waals surface area contributed by atoms with Gasteiger partial charge in [-0.2, -0.15) is 4.31 Å². The van der Waals surface area contributed by atoms with E-state index in [9.17, 15) is 8.42 Å². The number of sulfonamides is 1. The lowest BCUT2D eigenvalue weighted by Gasteiger charge is -2.34. The molecule has 150 valence electrons. The van der Waals surface area contributed by atoms with Gasteiger partial charge in [0.2, 0.25) is 10.0 Å². The van der Waals surface area contributed by atoms with E-state index in [1.54, 1.807) is 30.9 Å². The van der Waals surface area contributed by atoms with E-state index < -0.39 is 10.0 Å². The second-order valence-electron chi connectivity index (χ2n) is 6.61. The van der Waals surface area contributed by atoms with Crippen molar-refractivity contribution in [3.63, 3.8) is 0 Å². The van der Waals surface area contributed by atoms with E-state index in [2.05, 4.69) is 11.0 Å². The SMILES string of the molecule is CN(CCN1c2ccccc2Sc2ccc(Cl)cc21)S(=O)(=O)c1ccc(Cl)cc1. The molecule has 0 aromatic heterocycles. The molecule has 0 N–H and O–H groups in total. The number of likely N-dealkylation sites (N-methyl/N-ethyl adjacent to an activating group) is 1. The summed E-state index contributed by atoms with van der Waals surface area (Å²) in [6.07, 6.45) is 0. The van der Waals surface area contributed by atoms with Crippen molar-refractivity contribution in [2.24, 2.45) is 0 Å². The summed E-state index contributed by atoms with van der Waals surface area (Å²) in [5, 5.41) is 1.15. The monoisotopic (exact) mass is 464 g/mol. The summed E-state index contributed by atoms with van der Waals surface area (Å²) in [6.45, 7) is 0.810. The zero-order valence-corrected chi connectivity index (χ0v) is 18.7. The topological polar surface area (TPSA) is 40.6 Å². The maximum Gasteiger partial charge on any atom is 0.242 e. The minimum absolute atomic E-state index is 0.224. The van der Waals surface area contributed by atoms with Crippen LogP contribution in [0.25, 0.3) is 0 Å². The molecule has 8 heteroatoms. The van der Waals surface area contributed by atoms with Crippen LogP contribution >= 0.6 is 35.0 Å². The molecule has 29 heavy (non-hydrogen) atoms. The van der Waals surface area contributed by atoms with Crippen LogP contribution in [-0.2, 0) is 10.0 Å². The first-order valence-electron chi connectivity index (χ1n) is 8.92. The van der Waals surface area contributed by atoms with E-state index in [0.717, 1.165) is 21.2 Å². The minimum Gasteiger partial charge on any atom is -0.338 e. The van der Waals surface area contributed by atoms with Crippen LogP contribution in [0.1, 0.15) is 0 Å². The Morgan fingerprint density at radius 2 is 1.55 bits per heavy atom. The number of hydrogen-bond donors (Lipinski definition) is 0. The molecule has 0 saturated carbocycles. The summed E-state index contributed by atoms with van der Waals surface area (Å²) in [5.74, 6) is 0. The summed E-state index contributed by atoms with van der Waals surface area (Å²) < 4.78 is 27.2. The molecule has 0 fully saturated rings. The van der Waals surface area contributed by atoms with E-state index in [1.165, 1.54) is 16.4 Å². The van der Waals surface area contributed by atoms with Crippen LogP contribution in [-0.4, -0.2) is 32.9 Å². The molecule has 0 unspecified atom stereocenters. The van der Waals surface area contributed by atoms with Gasteiger partial charge in [-0.1, -0.05) is 47.1 Å². The molecule has 4 rings (SSSR count). The Balaban J connectivity index is 1.61. The number of hydrogen-bond acceptors (Lipinski definition) is 4. The summed E-state index contributed by atoms with van der Waals surface area (Å²) >= 11 is 13.8. The Morgan fingerprint density at radius 3 is 2.31 bits per heavy atom. The standard InChI is InChI=1S/C21H18Cl2N2O2S2/c1-24(29(26,27)17-9-6-15(22)7-10-17)12-13-25-18-4-2-3-5-20(18)28-21-11-8-16(23)14-19(21)25/h2-11,14H,12-13H2,1H3. The maximum absolute atomic E-state index is 12.9. The van der Waals surface area contributed by atoms with Crippen LogP contribution in [0, 0.1) is 0 Å². The van der Waals surface area contributed by atoms with Gasteiger partial charge in [0.25, 0.3) is 0 Å². The average Bonchev–Trinajstić information content (AvgIpc) is 2.71. The second-order valence-corrected chi connectivity index (χ2v) is 10.6. The van der Waals surface area contributed by atoms with E-state index in [4.69, 9.17) is 23.2 Å². The molecular formula is C21H18Cl2N2O2S2. The highest BCUT2D eigenvalue weighted by atomic mass is 35.5. The van der Waals surface area contributed by atoms with Crippen LogP contribution in [0.4, 0.5) is 11.4 Å². The number of benzene rings is 3. The smallest absolute Gasteiger partial charge is 0.242 e. The molecule has 1 heterocycles. The molecule has 0 atom stereocenters. The highest BCUT2D eigenvalue weighted by Crippen LogP contribution is 2.48. The van der Waals surface area contributed by atoms with Gasteiger partial charge in [0, 0.05) is 40.0 Å². The van der Waals surface area contributed by atoms with Crippen LogP contribution in [0.15, 0.2) is 81.4 Å². The molecule has 3 aromatic carbocycles. The quantitative estimate of drug-likeness (QED) is 0.469. The predicted octanol–water partition coefficient (Wildman–Crippen LogP) is 5.92. The van der Waals surface area contributed by atoms with Gasteiger partial charge in [0.1, 0.15) is 0 Å². The zero-order valence-electron chi connectivity index (χ0n) is 15.5. The van der Waals surface area contributed by atoms with Gasteiger partial charge < -0.3 is 4.90 Å². The lowest BCUT2D eigenvalue weighted by molar-refractivity contribution is 0.475. The predicted molar refractivity (Wildman–Crippen MR) is 120 cm³/mol. The molecular weight excluding hydrogens is 447 g/mol. The summed E-state index contributed by atoms with van der Waals surface area (Å²) in [7, 11) is -2.01. The van der Waals surface area contributed by atoms with Crippen molar-refractivity contribution < 1.29 is 8.42 Å². The first-order chi connectivity index (χ1) is 13.9. The molecule has 1 aliphatic rings. The largest absolute Gasteiger partial charge is 0.338 e. The van der Waals surface area contributed by atoms with Crippen LogP contribution in [0.3, 0.4) is 0 Å². The van der Waals surface area contributed by atoms with Gasteiger partial charge in [-0.3, -0.25) is 0 Å². The van der Waals surface area contributed by atoms with Gasteiger partial charge in [-0.15, -0.1) is 0 Å². The fourth-order valence-electron chi connectivity index (χ4n) is 3.19. The number of fused-ring (bicyclic) bond motifs is 2. The Hall–Kier alpha value is -1.70. The van der Waals surface area contributed by atoms with Gasteiger partial charge >= 0.3 is 0 Å². The van der Waals surface area contributed by atoms with Gasteiger partial charge in [0.15, 0.2) is 0 Å². The van der Waals surface area contributed by atoms with Crippen molar-refractivity contribution in [2.45, 2.75) is 14.7 Å².